The van der Waals surface area contributed by atoms with E-state index in [1.807, 2.05) is 0 Å². The average molecular weight is 234 g/mol. The first-order valence-electron chi connectivity index (χ1n) is 5.12. The van der Waals surface area contributed by atoms with E-state index in [-0.39, 0.29) is 12.4 Å². The van der Waals surface area contributed by atoms with Crippen molar-refractivity contribution in [1.82, 2.24) is 4.98 Å². The van der Waals surface area contributed by atoms with E-state index in [0.717, 1.165) is 0 Å². The largest absolute Gasteiger partial charge is 0.481 e. The minimum absolute atomic E-state index is 0.0200. The summed E-state index contributed by atoms with van der Waals surface area (Å²) < 4.78 is 9.69. The zero-order valence-corrected chi connectivity index (χ0v) is 9.82. The van der Waals surface area contributed by atoms with Crippen molar-refractivity contribution in [3.05, 3.63) is 17.8 Å². The number of hydrogen-bond acceptors (Lipinski definition) is 5. The number of hydrogen-bond donors (Lipinski definition) is 1. The van der Waals surface area contributed by atoms with Crippen molar-refractivity contribution >= 4 is 11.7 Å². The lowest BCUT2D eigenvalue weighted by Gasteiger charge is -2.01. The Morgan fingerprint density at radius 1 is 1.53 bits per heavy atom. The number of esters is 1. The minimum Gasteiger partial charge on any atom is -0.481 e. The van der Waals surface area contributed by atoms with E-state index in [0.29, 0.717) is 23.9 Å². The molecule has 0 saturated heterocycles. The van der Waals surface area contributed by atoms with E-state index in [1.165, 1.54) is 7.11 Å². The highest BCUT2D eigenvalue weighted by atomic mass is 16.5. The number of aromatic nitrogens is 1. The summed E-state index contributed by atoms with van der Waals surface area (Å²) in [6.45, 7) is 2.09. The summed E-state index contributed by atoms with van der Waals surface area (Å²) in [4.78, 5) is 15.1. The average Bonchev–Trinajstić information content (AvgIpc) is 2.32. The number of rotatable bonds is 3. The van der Waals surface area contributed by atoms with Crippen molar-refractivity contribution in [3.63, 3.8) is 0 Å². The molecule has 0 aliphatic carbocycles. The lowest BCUT2D eigenvalue weighted by molar-refractivity contribution is -0.141. The molecule has 5 heteroatoms. The maximum atomic E-state index is 11.0. The number of pyridine rings is 1. The predicted molar refractivity (Wildman–Crippen MR) is 63.3 cm³/mol. The van der Waals surface area contributed by atoms with Gasteiger partial charge in [0, 0.05) is 6.07 Å². The molecule has 1 heterocycles. The fourth-order valence-corrected chi connectivity index (χ4v) is 1.08. The summed E-state index contributed by atoms with van der Waals surface area (Å²) in [7, 11) is 1.51. The number of nitrogens with two attached hydrogens (primary N) is 1. The Labute approximate surface area is 99.9 Å². The molecule has 1 aromatic rings. The lowest BCUT2D eigenvalue weighted by Crippen LogP contribution is -2.02. The fourth-order valence-electron chi connectivity index (χ4n) is 1.08. The molecule has 0 bridgehead atoms. The third-order valence-electron chi connectivity index (χ3n) is 1.85. The fraction of sp³-hybridized carbons (Fsp3) is 0.333. The number of ether oxygens (including phenoxy) is 2. The summed E-state index contributed by atoms with van der Waals surface area (Å²) in [5, 5.41) is 0. The van der Waals surface area contributed by atoms with Crippen LogP contribution in [-0.4, -0.2) is 24.7 Å². The van der Waals surface area contributed by atoms with Gasteiger partial charge >= 0.3 is 5.97 Å². The van der Waals surface area contributed by atoms with Crippen LogP contribution in [0.2, 0.25) is 0 Å². The van der Waals surface area contributed by atoms with Crippen molar-refractivity contribution in [1.29, 1.82) is 0 Å². The standard InChI is InChI=1S/C12H14N2O3/c1-3-17-12(15)6-4-5-10-9(13)7-8-11(14-10)16-2/h7-8H,3,6,13H2,1-2H3. The van der Waals surface area contributed by atoms with Crippen LogP contribution in [0.4, 0.5) is 5.69 Å². The van der Waals surface area contributed by atoms with E-state index in [4.69, 9.17) is 15.2 Å². The topological polar surface area (TPSA) is 74.4 Å². The third-order valence-corrected chi connectivity index (χ3v) is 1.85. The summed E-state index contributed by atoms with van der Waals surface area (Å²) in [6.07, 6.45) is 0.0200. The van der Waals surface area contributed by atoms with E-state index < -0.39 is 0 Å². The second-order valence-corrected chi connectivity index (χ2v) is 3.08. The second-order valence-electron chi connectivity index (χ2n) is 3.08. The van der Waals surface area contributed by atoms with Crippen molar-refractivity contribution in [3.8, 4) is 17.7 Å². The maximum Gasteiger partial charge on any atom is 0.317 e. The highest BCUT2D eigenvalue weighted by molar-refractivity contribution is 5.72. The number of anilines is 1. The van der Waals surface area contributed by atoms with Gasteiger partial charge in [-0.15, -0.1) is 0 Å². The molecule has 17 heavy (non-hydrogen) atoms. The van der Waals surface area contributed by atoms with Gasteiger partial charge in [0.1, 0.15) is 12.1 Å². The molecular weight excluding hydrogens is 220 g/mol. The molecule has 90 valence electrons. The van der Waals surface area contributed by atoms with E-state index >= 15 is 0 Å². The Kier molecular flexibility index (Phi) is 4.82. The number of carbonyl (C=O) groups is 1. The highest BCUT2D eigenvalue weighted by Gasteiger charge is 2.01. The van der Waals surface area contributed by atoms with Crippen molar-refractivity contribution < 1.29 is 14.3 Å². The maximum absolute atomic E-state index is 11.0. The number of methoxy groups -OCH3 is 1. The molecule has 0 aromatic carbocycles. The zero-order chi connectivity index (χ0) is 12.7. The predicted octanol–water partition coefficient (Wildman–Crippen LogP) is 0.977. The molecule has 0 fully saturated rings. The third kappa shape index (κ3) is 4.03. The molecule has 0 saturated carbocycles. The van der Waals surface area contributed by atoms with Gasteiger partial charge < -0.3 is 15.2 Å². The molecule has 0 aliphatic rings. The van der Waals surface area contributed by atoms with Gasteiger partial charge in [0.2, 0.25) is 5.88 Å². The van der Waals surface area contributed by atoms with Crippen molar-refractivity contribution in [2.45, 2.75) is 13.3 Å². The van der Waals surface area contributed by atoms with Gasteiger partial charge in [0.05, 0.1) is 19.4 Å². The first kappa shape index (κ1) is 12.8. The Hall–Kier alpha value is -2.22. The second kappa shape index (κ2) is 6.38. The van der Waals surface area contributed by atoms with Gasteiger partial charge in [0.15, 0.2) is 0 Å². The minimum atomic E-state index is -0.360. The molecule has 0 unspecified atom stereocenters. The van der Waals surface area contributed by atoms with Gasteiger partial charge in [-0.1, -0.05) is 5.92 Å². The SMILES string of the molecule is CCOC(=O)CC#Cc1nc(OC)ccc1N. The Bertz CT molecular complexity index is 461. The quantitative estimate of drug-likeness (QED) is 0.623. The van der Waals surface area contributed by atoms with Crippen molar-refractivity contribution in [2.75, 3.05) is 19.5 Å². The normalized spacial score (nSPS) is 9.06. The monoisotopic (exact) mass is 234 g/mol. The Balaban J connectivity index is 2.74. The van der Waals surface area contributed by atoms with Gasteiger partial charge in [-0.25, -0.2) is 4.98 Å². The summed E-state index contributed by atoms with van der Waals surface area (Å²) in [6, 6.07) is 3.30. The van der Waals surface area contributed by atoms with Crippen LogP contribution in [0.25, 0.3) is 0 Å². The molecule has 1 aromatic heterocycles. The van der Waals surface area contributed by atoms with Crippen LogP contribution in [0.3, 0.4) is 0 Å². The van der Waals surface area contributed by atoms with Crippen LogP contribution < -0.4 is 10.5 Å². The first-order chi connectivity index (χ1) is 8.17. The molecule has 0 radical (unpaired) electrons. The lowest BCUT2D eigenvalue weighted by atomic mass is 10.3. The van der Waals surface area contributed by atoms with Crippen LogP contribution in [0.5, 0.6) is 5.88 Å². The molecular formula is C12H14N2O3. The van der Waals surface area contributed by atoms with Crippen LogP contribution in [0.15, 0.2) is 12.1 Å². The molecule has 0 atom stereocenters. The molecule has 2 N–H and O–H groups in total. The van der Waals surface area contributed by atoms with Crippen LogP contribution >= 0.6 is 0 Å². The van der Waals surface area contributed by atoms with Gasteiger partial charge in [-0.2, -0.15) is 0 Å². The molecule has 0 aliphatic heterocycles. The van der Waals surface area contributed by atoms with Gasteiger partial charge in [-0.3, -0.25) is 4.79 Å². The van der Waals surface area contributed by atoms with Gasteiger partial charge in [0.25, 0.3) is 0 Å². The van der Waals surface area contributed by atoms with Crippen LogP contribution in [0.1, 0.15) is 19.0 Å². The number of nitrogen functional groups attached to an aromatic ring is 1. The van der Waals surface area contributed by atoms with Crippen LogP contribution in [0, 0.1) is 11.8 Å². The smallest absolute Gasteiger partial charge is 0.317 e. The van der Waals surface area contributed by atoms with E-state index in [2.05, 4.69) is 16.8 Å². The molecule has 0 spiro atoms. The number of carbonyl (C=O) groups excluding carboxylic acids is 1. The summed E-state index contributed by atoms with van der Waals surface area (Å²) in [5.74, 6) is 5.44. The molecule has 1 rings (SSSR count). The zero-order valence-electron chi connectivity index (χ0n) is 9.82. The Morgan fingerprint density at radius 3 is 2.94 bits per heavy atom. The number of nitrogens with zero attached hydrogens (tertiary/aromatic N) is 1. The van der Waals surface area contributed by atoms with Gasteiger partial charge in [-0.05, 0) is 18.9 Å². The first-order valence-corrected chi connectivity index (χ1v) is 5.12. The Morgan fingerprint density at radius 2 is 2.29 bits per heavy atom. The highest BCUT2D eigenvalue weighted by Crippen LogP contribution is 2.13. The summed E-state index contributed by atoms with van der Waals surface area (Å²) in [5.41, 5.74) is 6.53. The molecule has 0 amide bonds. The van der Waals surface area contributed by atoms with E-state index in [1.54, 1.807) is 19.1 Å². The molecule has 5 nitrogen and oxygen atoms in total. The van der Waals surface area contributed by atoms with Crippen molar-refractivity contribution in [2.24, 2.45) is 0 Å². The van der Waals surface area contributed by atoms with E-state index in [9.17, 15) is 4.79 Å². The summed E-state index contributed by atoms with van der Waals surface area (Å²) >= 11 is 0. The van der Waals surface area contributed by atoms with Crippen LogP contribution in [-0.2, 0) is 9.53 Å².